The molecule has 0 fully saturated rings. The molecule has 3 rings (SSSR count). The van der Waals surface area contributed by atoms with Crippen LogP contribution >= 0.6 is 0 Å². The molecular weight excluding hydrogens is 344 g/mol. The smallest absolute Gasteiger partial charge is 0.274 e. The lowest BCUT2D eigenvalue weighted by atomic mass is 10.2. The maximum atomic E-state index is 12.5. The zero-order valence-electron chi connectivity index (χ0n) is 15.3. The minimum Gasteiger partial charge on any atom is -0.497 e. The molecule has 0 saturated carbocycles. The number of nitrogens with one attached hydrogen (secondary N) is 2. The minimum atomic E-state index is -0.309. The van der Waals surface area contributed by atoms with E-state index in [1.54, 1.807) is 45.4 Å². The second-order valence-corrected chi connectivity index (χ2v) is 5.73. The Balaban J connectivity index is 1.84. The van der Waals surface area contributed by atoms with E-state index in [2.05, 4.69) is 20.6 Å². The van der Waals surface area contributed by atoms with E-state index in [0.717, 1.165) is 0 Å². The van der Waals surface area contributed by atoms with Crippen molar-refractivity contribution in [3.05, 3.63) is 66.0 Å². The molecule has 27 heavy (non-hydrogen) atoms. The number of aromatic nitrogens is 2. The fraction of sp³-hybridized carbons (Fsp3) is 0.150. The summed E-state index contributed by atoms with van der Waals surface area (Å²) in [5.74, 6) is 1.24. The number of nitrogens with zero attached hydrogens (tertiary/aromatic N) is 2. The summed E-state index contributed by atoms with van der Waals surface area (Å²) in [5, 5.41) is 5.91. The molecule has 0 atom stereocenters. The van der Waals surface area contributed by atoms with Crippen molar-refractivity contribution in [2.24, 2.45) is 0 Å². The van der Waals surface area contributed by atoms with Gasteiger partial charge >= 0.3 is 0 Å². The Kier molecular flexibility index (Phi) is 5.51. The Labute approximate surface area is 157 Å². The lowest BCUT2D eigenvalue weighted by Gasteiger charge is -2.12. The predicted octanol–water partition coefficient (Wildman–Crippen LogP) is 3.80. The molecular formula is C20H20N4O3. The van der Waals surface area contributed by atoms with Crippen LogP contribution in [0.4, 0.5) is 17.3 Å². The normalized spacial score (nSPS) is 10.2. The third-order valence-corrected chi connectivity index (χ3v) is 3.77. The second-order valence-electron chi connectivity index (χ2n) is 5.73. The molecule has 0 spiro atoms. The fourth-order valence-electron chi connectivity index (χ4n) is 2.48. The Bertz CT molecular complexity index is 945. The summed E-state index contributed by atoms with van der Waals surface area (Å²) in [6.07, 6.45) is 0. The lowest BCUT2D eigenvalue weighted by Crippen LogP contribution is -2.15. The molecule has 2 aromatic carbocycles. The van der Waals surface area contributed by atoms with Gasteiger partial charge in [0.1, 0.15) is 17.2 Å². The van der Waals surface area contributed by atoms with Gasteiger partial charge in [-0.25, -0.2) is 9.97 Å². The van der Waals surface area contributed by atoms with Crippen molar-refractivity contribution in [1.29, 1.82) is 0 Å². The second kappa shape index (κ2) is 8.18. The fourth-order valence-corrected chi connectivity index (χ4v) is 2.48. The molecule has 0 unspecified atom stereocenters. The predicted molar refractivity (Wildman–Crippen MR) is 104 cm³/mol. The maximum absolute atomic E-state index is 12.5. The lowest BCUT2D eigenvalue weighted by molar-refractivity contribution is 0.102. The Hall–Kier alpha value is -3.61. The monoisotopic (exact) mass is 364 g/mol. The highest BCUT2D eigenvalue weighted by atomic mass is 16.5. The van der Waals surface area contributed by atoms with E-state index in [-0.39, 0.29) is 11.6 Å². The average molecular weight is 364 g/mol. The Morgan fingerprint density at radius 2 is 1.74 bits per heavy atom. The van der Waals surface area contributed by atoms with Gasteiger partial charge in [-0.15, -0.1) is 0 Å². The highest BCUT2D eigenvalue weighted by Crippen LogP contribution is 2.30. The van der Waals surface area contributed by atoms with Crippen molar-refractivity contribution >= 4 is 23.2 Å². The van der Waals surface area contributed by atoms with Crippen molar-refractivity contribution in [3.8, 4) is 11.5 Å². The number of ether oxygens (including phenoxy) is 2. The van der Waals surface area contributed by atoms with Crippen LogP contribution in [0, 0.1) is 6.92 Å². The molecule has 138 valence electrons. The molecule has 3 aromatic rings. The van der Waals surface area contributed by atoms with E-state index in [4.69, 9.17) is 9.47 Å². The first-order chi connectivity index (χ1) is 13.1. The van der Waals surface area contributed by atoms with Gasteiger partial charge in [-0.3, -0.25) is 4.79 Å². The zero-order chi connectivity index (χ0) is 19.2. The molecule has 0 aliphatic rings. The van der Waals surface area contributed by atoms with Crippen molar-refractivity contribution in [1.82, 2.24) is 9.97 Å². The quantitative estimate of drug-likeness (QED) is 0.692. The number of hydrogen-bond donors (Lipinski definition) is 2. The third-order valence-electron chi connectivity index (χ3n) is 3.77. The van der Waals surface area contributed by atoms with Crippen molar-refractivity contribution in [2.45, 2.75) is 6.92 Å². The van der Waals surface area contributed by atoms with Crippen LogP contribution < -0.4 is 20.1 Å². The molecule has 1 heterocycles. The van der Waals surface area contributed by atoms with Gasteiger partial charge in [0.25, 0.3) is 5.91 Å². The molecule has 0 aliphatic heterocycles. The number of benzene rings is 2. The van der Waals surface area contributed by atoms with Crippen LogP contribution in [0.5, 0.6) is 11.5 Å². The van der Waals surface area contributed by atoms with E-state index in [9.17, 15) is 4.79 Å². The van der Waals surface area contributed by atoms with E-state index >= 15 is 0 Å². The average Bonchev–Trinajstić information content (AvgIpc) is 2.68. The number of methoxy groups -OCH3 is 2. The number of hydrogen-bond acceptors (Lipinski definition) is 6. The molecule has 7 nitrogen and oxygen atoms in total. The largest absolute Gasteiger partial charge is 0.497 e. The molecule has 0 aliphatic carbocycles. The molecule has 0 radical (unpaired) electrons. The summed E-state index contributed by atoms with van der Waals surface area (Å²) in [6.45, 7) is 1.80. The van der Waals surface area contributed by atoms with Crippen LogP contribution in [0.1, 0.15) is 16.2 Å². The van der Waals surface area contributed by atoms with E-state index in [1.165, 1.54) is 0 Å². The molecule has 7 heteroatoms. The van der Waals surface area contributed by atoms with E-state index in [1.807, 2.05) is 30.3 Å². The maximum Gasteiger partial charge on any atom is 0.274 e. The van der Waals surface area contributed by atoms with Gasteiger partial charge in [0, 0.05) is 17.4 Å². The number of anilines is 3. The van der Waals surface area contributed by atoms with E-state index < -0.39 is 0 Å². The van der Waals surface area contributed by atoms with Crippen LogP contribution in [0.2, 0.25) is 0 Å². The van der Waals surface area contributed by atoms with E-state index in [0.29, 0.717) is 34.5 Å². The van der Waals surface area contributed by atoms with Crippen LogP contribution in [0.25, 0.3) is 0 Å². The third kappa shape index (κ3) is 4.52. The number of para-hydroxylation sites is 1. The van der Waals surface area contributed by atoms with Gasteiger partial charge < -0.3 is 20.1 Å². The first-order valence-electron chi connectivity index (χ1n) is 8.30. The molecule has 2 N–H and O–H groups in total. The topological polar surface area (TPSA) is 85.4 Å². The first-order valence-corrected chi connectivity index (χ1v) is 8.30. The highest BCUT2D eigenvalue weighted by Gasteiger charge is 2.13. The number of carbonyl (C=O) groups excluding carboxylic acids is 1. The molecule has 0 saturated heterocycles. The number of rotatable bonds is 6. The molecule has 0 bridgehead atoms. The zero-order valence-corrected chi connectivity index (χ0v) is 15.3. The SMILES string of the molecule is COc1ccc(Nc2nc(C)cc(C(=O)Nc3ccccc3)n2)c(OC)c1. The summed E-state index contributed by atoms with van der Waals surface area (Å²) < 4.78 is 10.6. The highest BCUT2D eigenvalue weighted by molar-refractivity contribution is 6.03. The summed E-state index contributed by atoms with van der Waals surface area (Å²) in [4.78, 5) is 21.2. The van der Waals surface area contributed by atoms with Crippen molar-refractivity contribution in [2.75, 3.05) is 24.9 Å². The van der Waals surface area contributed by atoms with Crippen molar-refractivity contribution in [3.63, 3.8) is 0 Å². The van der Waals surface area contributed by atoms with Gasteiger partial charge in [-0.1, -0.05) is 18.2 Å². The summed E-state index contributed by atoms with van der Waals surface area (Å²) >= 11 is 0. The van der Waals surface area contributed by atoms with Gasteiger partial charge in [-0.2, -0.15) is 0 Å². The van der Waals surface area contributed by atoms with Crippen LogP contribution in [-0.4, -0.2) is 30.1 Å². The summed E-state index contributed by atoms with van der Waals surface area (Å²) in [6, 6.07) is 16.2. The molecule has 1 aromatic heterocycles. The van der Waals surface area contributed by atoms with Gasteiger partial charge in [-0.05, 0) is 37.3 Å². The Morgan fingerprint density at radius 1 is 0.963 bits per heavy atom. The first kappa shape index (κ1) is 18.2. The minimum absolute atomic E-state index is 0.265. The molecule has 1 amide bonds. The standard InChI is InChI=1S/C20H20N4O3/c1-13-11-17(19(25)22-14-7-5-4-6-8-14)24-20(21-13)23-16-10-9-15(26-2)12-18(16)27-3/h4-12H,1-3H3,(H,22,25)(H,21,23,24). The van der Waals surface area contributed by atoms with Gasteiger partial charge in [0.2, 0.25) is 5.95 Å². The summed E-state index contributed by atoms with van der Waals surface area (Å²) in [5.41, 5.74) is 2.29. The van der Waals surface area contributed by atoms with Gasteiger partial charge in [0.15, 0.2) is 0 Å². The van der Waals surface area contributed by atoms with Gasteiger partial charge in [0.05, 0.1) is 19.9 Å². The number of amides is 1. The number of carbonyl (C=O) groups is 1. The number of aryl methyl sites for hydroxylation is 1. The Morgan fingerprint density at radius 3 is 2.44 bits per heavy atom. The van der Waals surface area contributed by atoms with Crippen LogP contribution in [0.3, 0.4) is 0 Å². The van der Waals surface area contributed by atoms with Crippen LogP contribution in [0.15, 0.2) is 54.6 Å². The summed E-state index contributed by atoms with van der Waals surface area (Å²) in [7, 11) is 3.15. The van der Waals surface area contributed by atoms with Crippen molar-refractivity contribution < 1.29 is 14.3 Å². The van der Waals surface area contributed by atoms with Crippen LogP contribution in [-0.2, 0) is 0 Å².